The van der Waals surface area contributed by atoms with E-state index in [0.717, 1.165) is 144 Å². The third kappa shape index (κ3) is 11.8. The Morgan fingerprint density at radius 1 is 0.233 bits per heavy atom. The first-order valence-corrected chi connectivity index (χ1v) is 45.1. The summed E-state index contributed by atoms with van der Waals surface area (Å²) in [5.74, 6) is 0. The van der Waals surface area contributed by atoms with Crippen LogP contribution in [0.15, 0.2) is 426 Å². The van der Waals surface area contributed by atoms with Gasteiger partial charge in [0.05, 0.1) is 27.8 Å². The molecule has 0 aliphatic carbocycles. The van der Waals surface area contributed by atoms with Crippen molar-refractivity contribution in [2.24, 2.45) is 0 Å². The van der Waals surface area contributed by atoms with Gasteiger partial charge in [0.2, 0.25) is 0 Å². The number of fused-ring (bicyclic) bond motifs is 27. The van der Waals surface area contributed by atoms with Crippen LogP contribution in [-0.2, 0) is 0 Å². The number of para-hydroxylation sites is 2. The molecule has 0 atom stereocenters. The number of thiophene rings is 1. The largest absolute Gasteiger partial charge is 0.309 e. The molecule has 0 spiro atoms. The lowest BCUT2D eigenvalue weighted by Gasteiger charge is -2.19. The van der Waals surface area contributed by atoms with E-state index in [1.807, 2.05) is 17.4 Å². The minimum atomic E-state index is 0.890. The van der Waals surface area contributed by atoms with E-state index in [0.29, 0.717) is 0 Å². The van der Waals surface area contributed by atoms with Gasteiger partial charge in [-0.2, -0.15) is 0 Å². The van der Waals surface area contributed by atoms with Crippen LogP contribution in [0.5, 0.6) is 0 Å². The number of hydrogen-bond acceptors (Lipinski definition) is 4. The Balaban J connectivity index is 0.644. The molecule has 0 unspecified atom stereocenters. The molecule has 4 aromatic heterocycles. The van der Waals surface area contributed by atoms with Crippen LogP contribution in [0.25, 0.3) is 279 Å². The highest BCUT2D eigenvalue weighted by molar-refractivity contribution is 7.27. The normalized spacial score (nSPS) is 12.1. The van der Waals surface area contributed by atoms with E-state index >= 15 is 0 Å². The molecule has 0 saturated heterocycles. The van der Waals surface area contributed by atoms with Gasteiger partial charge in [0, 0.05) is 76.9 Å². The van der Waals surface area contributed by atoms with Crippen LogP contribution >= 0.6 is 11.3 Å². The van der Waals surface area contributed by atoms with E-state index in [1.54, 1.807) is 12.4 Å². The molecule has 0 N–H and O–H groups in total. The highest BCUT2D eigenvalue weighted by atomic mass is 32.1. The van der Waals surface area contributed by atoms with Crippen molar-refractivity contribution < 1.29 is 0 Å². The molecule has 0 saturated carbocycles. The van der Waals surface area contributed by atoms with Crippen LogP contribution in [0.3, 0.4) is 0 Å². The van der Waals surface area contributed by atoms with Crippen LogP contribution < -0.4 is 0 Å². The summed E-state index contributed by atoms with van der Waals surface area (Å²) in [6.45, 7) is 6.61. The van der Waals surface area contributed by atoms with Crippen molar-refractivity contribution in [3.05, 3.63) is 437 Å². The molecule has 5 heteroatoms. The molecule has 26 aromatic rings. The predicted octanol–water partition coefficient (Wildman–Crippen LogP) is 34.7. The molecule has 4 nitrogen and oxygen atoms in total. The first-order chi connectivity index (χ1) is 63.9. The fourth-order valence-electron chi connectivity index (χ4n) is 21.4. The van der Waals surface area contributed by atoms with Crippen molar-refractivity contribution in [1.29, 1.82) is 0 Å². The summed E-state index contributed by atoms with van der Waals surface area (Å²) in [7, 11) is 0. The number of allylic oxidation sites excluding steroid dienone is 1. The molecule has 129 heavy (non-hydrogen) atoms. The predicted molar refractivity (Wildman–Crippen MR) is 553 cm³/mol. The summed E-state index contributed by atoms with van der Waals surface area (Å²) < 4.78 is 4.92. The molecular formula is C124H76N4S. The number of pyridine rings is 1. The summed E-state index contributed by atoms with van der Waals surface area (Å²) in [5.41, 5.74) is 27.8. The quantitative estimate of drug-likeness (QED) is 0.115. The average Bonchev–Trinajstić information content (AvgIpc) is 1.70. The zero-order valence-corrected chi connectivity index (χ0v) is 71.2. The molecule has 0 aliphatic rings. The fourth-order valence-corrected chi connectivity index (χ4v) is 22.7. The summed E-state index contributed by atoms with van der Waals surface area (Å²) in [5, 5.41) is 28.4. The Hall–Kier alpha value is -16.6. The Bertz CT molecular complexity index is 9320. The van der Waals surface area contributed by atoms with E-state index in [-0.39, 0.29) is 0 Å². The zero-order valence-electron chi connectivity index (χ0n) is 70.4. The van der Waals surface area contributed by atoms with E-state index in [2.05, 4.69) is 431 Å². The minimum absolute atomic E-state index is 0.890. The lowest BCUT2D eigenvalue weighted by molar-refractivity contribution is 1.18. The third-order valence-corrected chi connectivity index (χ3v) is 28.6. The van der Waals surface area contributed by atoms with E-state index in [9.17, 15) is 0 Å². The Kier molecular flexibility index (Phi) is 16.9. The van der Waals surface area contributed by atoms with Gasteiger partial charge in [0.1, 0.15) is 0 Å². The number of rotatable bonds is 12. The minimum Gasteiger partial charge on any atom is -0.309 e. The van der Waals surface area contributed by atoms with Gasteiger partial charge in [0.25, 0.3) is 0 Å². The topological polar surface area (TPSA) is 43.6 Å². The lowest BCUT2D eigenvalue weighted by Crippen LogP contribution is -1.93. The van der Waals surface area contributed by atoms with E-state index in [1.165, 1.54) is 134 Å². The van der Waals surface area contributed by atoms with Crippen LogP contribution in [-0.4, -0.2) is 19.5 Å². The maximum Gasteiger partial charge on any atom is 0.0971 e. The van der Waals surface area contributed by atoms with Gasteiger partial charge >= 0.3 is 0 Å². The fraction of sp³-hybridized carbons (Fsp3) is 0.00806. The summed E-state index contributed by atoms with van der Waals surface area (Å²) in [4.78, 5) is 15.5. The molecule has 0 fully saturated rings. The molecule has 598 valence electrons. The van der Waals surface area contributed by atoms with Gasteiger partial charge in [-0.25, -0.2) is 0 Å². The van der Waals surface area contributed by atoms with Gasteiger partial charge in [-0.3, -0.25) is 15.0 Å². The molecular weight excluding hydrogens is 1580 g/mol. The van der Waals surface area contributed by atoms with Gasteiger partial charge < -0.3 is 4.57 Å². The smallest absolute Gasteiger partial charge is 0.0971 e. The van der Waals surface area contributed by atoms with Crippen LogP contribution in [0.1, 0.15) is 18.1 Å². The molecule has 0 aliphatic heterocycles. The van der Waals surface area contributed by atoms with Gasteiger partial charge in [-0.05, 0) is 302 Å². The van der Waals surface area contributed by atoms with Crippen molar-refractivity contribution in [3.63, 3.8) is 0 Å². The summed E-state index contributed by atoms with van der Waals surface area (Å²) in [6.07, 6.45) is 12.2. The zero-order chi connectivity index (χ0) is 85.1. The molecule has 0 radical (unpaired) electrons. The highest BCUT2D eigenvalue weighted by Gasteiger charge is 2.25. The molecule has 0 bridgehead atoms. The SMILES string of the molecule is C=Cc1c(/C=C\C)c2cc(-c3ccc4c5ccccc5c5cc(-c6cc(-c7cc8c9ccccc9c9ccccc9c8cc7-c7cccc(-c8ccc9c(c8)c8ccccc8n9-c8ccccc8)c7)cc(-c7cccc8c7sc7c(-c9ccccc9)cccc78)c6)ncc5c4c3)ccc2c2cc(-c3cccc(-c4ccc5c6ccccc6c6nccnc6c5c4)c3)ccc12. The molecule has 26 rings (SSSR count). The monoisotopic (exact) mass is 1650 g/mol. The molecule has 0 amide bonds. The summed E-state index contributed by atoms with van der Waals surface area (Å²) >= 11 is 1.89. The Morgan fingerprint density at radius 2 is 0.605 bits per heavy atom. The highest BCUT2D eigenvalue weighted by Crippen LogP contribution is 2.51. The maximum atomic E-state index is 5.74. The number of aromatic nitrogens is 4. The molecule has 4 heterocycles. The van der Waals surface area contributed by atoms with Crippen LogP contribution in [0.4, 0.5) is 0 Å². The van der Waals surface area contributed by atoms with E-state index in [4.69, 9.17) is 15.0 Å². The first kappa shape index (κ1) is 73.9. The average molecular weight is 1650 g/mol. The van der Waals surface area contributed by atoms with Crippen LogP contribution in [0.2, 0.25) is 0 Å². The number of hydrogen-bond donors (Lipinski definition) is 0. The van der Waals surface area contributed by atoms with Crippen molar-refractivity contribution in [2.75, 3.05) is 0 Å². The van der Waals surface area contributed by atoms with E-state index < -0.39 is 0 Å². The van der Waals surface area contributed by atoms with Gasteiger partial charge in [-0.15, -0.1) is 11.3 Å². The number of nitrogens with zero attached hydrogens (tertiary/aromatic N) is 4. The van der Waals surface area contributed by atoms with Gasteiger partial charge in [-0.1, -0.05) is 316 Å². The second-order valence-corrected chi connectivity index (χ2v) is 35.3. The van der Waals surface area contributed by atoms with Crippen molar-refractivity contribution in [2.45, 2.75) is 6.92 Å². The summed E-state index contributed by atoms with van der Waals surface area (Å²) in [6, 6.07) is 147. The third-order valence-electron chi connectivity index (χ3n) is 27.3. The molecule has 22 aromatic carbocycles. The second-order valence-electron chi connectivity index (χ2n) is 34.3. The maximum absolute atomic E-state index is 5.74. The van der Waals surface area contributed by atoms with Crippen molar-refractivity contribution >= 4 is 184 Å². The van der Waals surface area contributed by atoms with Crippen molar-refractivity contribution in [1.82, 2.24) is 19.5 Å². The van der Waals surface area contributed by atoms with Gasteiger partial charge in [0.15, 0.2) is 0 Å². The first-order valence-electron chi connectivity index (χ1n) is 44.3. The van der Waals surface area contributed by atoms with Crippen LogP contribution in [0, 0.1) is 0 Å². The Morgan fingerprint density at radius 3 is 1.20 bits per heavy atom. The number of benzene rings is 22. The Labute approximate surface area is 747 Å². The second kappa shape index (κ2) is 29.6. The standard InChI is InChI=1S/C124H76N4S/c1-3-25-91-88(4-2)99-53-48-78(75-28-21-29-76(60-75)81-50-55-101-95-37-17-18-42-104(95)121-122(116(101)69-81)126-59-58-125-121)65-110(99)102-56-51-79(66-109(91)102)80-49-54-100-94-36-13-16-40-98(94)114-72-118(127-73-117(114)111(100)67-80)86-63-84(90-44-24-46-106-105-45-23-43-89(123(105)129-124(90)106)74-26-7-5-8-27-74)62-85(64-86)108-71-113-97-39-15-12-35-93(97)92-34-11-14-38-96(92)112(113)70-107(108)83-31-22-30-77(61-83)82-52-57-120-115(68-82)103-41-19-20-47-119(103)128(120)87-32-9-6-10-33-87/h3-73H,2H2,1H3/b25-3-. The lowest BCUT2D eigenvalue weighted by atomic mass is 9.85. The van der Waals surface area contributed by atoms with Crippen molar-refractivity contribution in [3.8, 4) is 106 Å².